The number of hydrogen-bond donors (Lipinski definition) is 1. The Kier molecular flexibility index (Phi) is 3.62. The molecule has 0 aliphatic carbocycles. The Labute approximate surface area is 112 Å². The molecule has 0 radical (unpaired) electrons. The van der Waals surface area contributed by atoms with Gasteiger partial charge >= 0.3 is 5.97 Å². The monoisotopic (exact) mass is 262 g/mol. The van der Waals surface area contributed by atoms with Gasteiger partial charge in [-0.05, 0) is 12.5 Å². The largest absolute Gasteiger partial charge is 0.457 e. The van der Waals surface area contributed by atoms with Crippen molar-refractivity contribution in [1.82, 2.24) is 0 Å². The van der Waals surface area contributed by atoms with Gasteiger partial charge in [0.25, 0.3) is 0 Å². The summed E-state index contributed by atoms with van der Waals surface area (Å²) in [4.78, 5) is 11.4. The van der Waals surface area contributed by atoms with Gasteiger partial charge in [-0.2, -0.15) is 0 Å². The third-order valence-electron chi connectivity index (χ3n) is 2.86. The van der Waals surface area contributed by atoms with Crippen LogP contribution in [0.5, 0.6) is 0 Å². The number of carbonyl (C=O) groups excluding carboxylic acids is 1. The van der Waals surface area contributed by atoms with E-state index < -0.39 is 17.9 Å². The van der Waals surface area contributed by atoms with Crippen molar-refractivity contribution < 1.29 is 19.4 Å². The molecule has 0 fully saturated rings. The molecule has 1 aliphatic rings. The van der Waals surface area contributed by atoms with Gasteiger partial charge in [0.1, 0.15) is 5.76 Å². The Hall–Kier alpha value is -1.81. The van der Waals surface area contributed by atoms with Crippen LogP contribution in [0.15, 0.2) is 36.1 Å². The third kappa shape index (κ3) is 3.58. The number of aliphatic hydroxyl groups excluding tert-OH is 1. The van der Waals surface area contributed by atoms with Gasteiger partial charge in [0, 0.05) is 20.3 Å². The minimum Gasteiger partial charge on any atom is -0.457 e. The van der Waals surface area contributed by atoms with Crippen LogP contribution in [0.4, 0.5) is 0 Å². The van der Waals surface area contributed by atoms with Crippen LogP contribution < -0.4 is 0 Å². The van der Waals surface area contributed by atoms with Crippen molar-refractivity contribution in [3.63, 3.8) is 0 Å². The SMILES string of the molecule is Cc1ccc([C@H](O)CC2=CC(=O)OC(C)(C)O2)cc1. The molecule has 4 nitrogen and oxygen atoms in total. The molecule has 0 unspecified atom stereocenters. The average Bonchev–Trinajstić information content (AvgIpc) is 2.26. The van der Waals surface area contributed by atoms with Gasteiger partial charge in [0.2, 0.25) is 5.79 Å². The Bertz CT molecular complexity index is 499. The molecule has 1 N–H and O–H groups in total. The summed E-state index contributed by atoms with van der Waals surface area (Å²) in [5.74, 6) is -0.981. The number of aliphatic hydroxyl groups is 1. The molecule has 4 heteroatoms. The molecule has 102 valence electrons. The minimum absolute atomic E-state index is 0.252. The quantitative estimate of drug-likeness (QED) is 0.851. The molecule has 0 bridgehead atoms. The summed E-state index contributed by atoms with van der Waals surface area (Å²) < 4.78 is 10.5. The number of esters is 1. The molecule has 0 spiro atoms. The van der Waals surface area contributed by atoms with Gasteiger partial charge in [-0.15, -0.1) is 0 Å². The van der Waals surface area contributed by atoms with Crippen LogP contribution in [0.2, 0.25) is 0 Å². The number of benzene rings is 1. The topological polar surface area (TPSA) is 55.8 Å². The second-order valence-electron chi connectivity index (χ2n) is 5.16. The standard InChI is InChI=1S/C15H18O4/c1-10-4-6-11(7-5-10)13(16)8-12-9-14(17)19-15(2,3)18-12/h4-7,9,13,16H,8H2,1-3H3/t13-/m1/s1. The van der Waals surface area contributed by atoms with E-state index in [9.17, 15) is 9.90 Å². The Morgan fingerprint density at radius 1 is 1.21 bits per heavy atom. The first-order chi connectivity index (χ1) is 8.85. The Balaban J connectivity index is 2.08. The predicted molar refractivity (Wildman–Crippen MR) is 70.1 cm³/mol. The van der Waals surface area contributed by atoms with E-state index >= 15 is 0 Å². The van der Waals surface area contributed by atoms with E-state index in [1.165, 1.54) is 6.08 Å². The van der Waals surface area contributed by atoms with Crippen molar-refractivity contribution in [2.24, 2.45) is 0 Å². The van der Waals surface area contributed by atoms with Crippen molar-refractivity contribution in [2.75, 3.05) is 0 Å². The van der Waals surface area contributed by atoms with Crippen molar-refractivity contribution in [3.05, 3.63) is 47.2 Å². The Morgan fingerprint density at radius 2 is 1.84 bits per heavy atom. The number of ether oxygens (including phenoxy) is 2. The lowest BCUT2D eigenvalue weighted by Crippen LogP contribution is -2.34. The summed E-state index contributed by atoms with van der Waals surface area (Å²) in [5, 5.41) is 10.1. The van der Waals surface area contributed by atoms with Crippen LogP contribution in [0.1, 0.15) is 37.5 Å². The van der Waals surface area contributed by atoms with E-state index in [-0.39, 0.29) is 6.42 Å². The highest BCUT2D eigenvalue weighted by Gasteiger charge is 2.30. The van der Waals surface area contributed by atoms with Crippen molar-refractivity contribution >= 4 is 5.97 Å². The van der Waals surface area contributed by atoms with Crippen LogP contribution in [-0.2, 0) is 14.3 Å². The highest BCUT2D eigenvalue weighted by Crippen LogP contribution is 2.28. The first-order valence-corrected chi connectivity index (χ1v) is 6.23. The van der Waals surface area contributed by atoms with E-state index in [0.29, 0.717) is 5.76 Å². The normalized spacial score (nSPS) is 19.2. The van der Waals surface area contributed by atoms with Crippen LogP contribution in [-0.4, -0.2) is 16.9 Å². The molecular weight excluding hydrogens is 244 g/mol. The summed E-state index contributed by atoms with van der Waals surface area (Å²) in [7, 11) is 0. The highest BCUT2D eigenvalue weighted by molar-refractivity contribution is 5.83. The molecule has 0 saturated carbocycles. The lowest BCUT2D eigenvalue weighted by molar-refractivity contribution is -0.206. The van der Waals surface area contributed by atoms with Gasteiger partial charge in [0.15, 0.2) is 0 Å². The molecule has 1 aromatic rings. The van der Waals surface area contributed by atoms with E-state index in [4.69, 9.17) is 9.47 Å². The Morgan fingerprint density at radius 3 is 2.42 bits per heavy atom. The number of aryl methyl sites for hydroxylation is 1. The maximum atomic E-state index is 11.4. The number of hydrogen-bond acceptors (Lipinski definition) is 4. The van der Waals surface area contributed by atoms with E-state index in [2.05, 4.69) is 0 Å². The highest BCUT2D eigenvalue weighted by atomic mass is 16.7. The zero-order valence-electron chi connectivity index (χ0n) is 11.3. The molecular formula is C15H18O4. The first-order valence-electron chi connectivity index (χ1n) is 6.23. The fraction of sp³-hybridized carbons (Fsp3) is 0.400. The molecule has 1 aromatic carbocycles. The number of carbonyl (C=O) groups is 1. The second kappa shape index (κ2) is 5.05. The van der Waals surface area contributed by atoms with Crippen molar-refractivity contribution in [2.45, 2.75) is 39.1 Å². The molecule has 0 amide bonds. The van der Waals surface area contributed by atoms with Gasteiger partial charge in [-0.25, -0.2) is 4.79 Å². The van der Waals surface area contributed by atoms with E-state index in [1.807, 2.05) is 31.2 Å². The average molecular weight is 262 g/mol. The summed E-state index contributed by atoms with van der Waals surface area (Å²) in [6.45, 7) is 5.31. The maximum absolute atomic E-state index is 11.4. The van der Waals surface area contributed by atoms with Crippen molar-refractivity contribution in [1.29, 1.82) is 0 Å². The van der Waals surface area contributed by atoms with Gasteiger partial charge in [-0.1, -0.05) is 29.8 Å². The molecule has 19 heavy (non-hydrogen) atoms. The zero-order valence-corrected chi connectivity index (χ0v) is 11.3. The smallest absolute Gasteiger partial charge is 0.337 e. The number of cyclic esters (lactones) is 1. The van der Waals surface area contributed by atoms with E-state index in [1.54, 1.807) is 13.8 Å². The first kappa shape index (κ1) is 13.6. The summed E-state index contributed by atoms with van der Waals surface area (Å²) in [6.07, 6.45) is 0.832. The maximum Gasteiger partial charge on any atom is 0.337 e. The summed E-state index contributed by atoms with van der Waals surface area (Å²) in [6, 6.07) is 7.61. The van der Waals surface area contributed by atoms with E-state index in [0.717, 1.165) is 11.1 Å². The molecule has 1 heterocycles. The molecule has 1 atom stereocenters. The zero-order chi connectivity index (χ0) is 14.0. The van der Waals surface area contributed by atoms with Gasteiger partial charge in [-0.3, -0.25) is 0 Å². The van der Waals surface area contributed by atoms with Gasteiger partial charge < -0.3 is 14.6 Å². The van der Waals surface area contributed by atoms with Gasteiger partial charge in [0.05, 0.1) is 12.2 Å². The fourth-order valence-electron chi connectivity index (χ4n) is 1.97. The number of rotatable bonds is 3. The molecule has 0 saturated heterocycles. The minimum atomic E-state index is -0.978. The lowest BCUT2D eigenvalue weighted by Gasteiger charge is -2.31. The predicted octanol–water partition coefficient (Wildman–Crippen LogP) is 2.61. The van der Waals surface area contributed by atoms with Crippen LogP contribution in [0.25, 0.3) is 0 Å². The van der Waals surface area contributed by atoms with Crippen LogP contribution in [0, 0.1) is 6.92 Å². The van der Waals surface area contributed by atoms with Crippen LogP contribution >= 0.6 is 0 Å². The molecule has 0 aromatic heterocycles. The fourth-order valence-corrected chi connectivity index (χ4v) is 1.97. The third-order valence-corrected chi connectivity index (χ3v) is 2.86. The second-order valence-corrected chi connectivity index (χ2v) is 5.16. The summed E-state index contributed by atoms with van der Waals surface area (Å²) in [5.41, 5.74) is 1.93. The van der Waals surface area contributed by atoms with Crippen LogP contribution in [0.3, 0.4) is 0 Å². The molecule has 2 rings (SSSR count). The van der Waals surface area contributed by atoms with Crippen molar-refractivity contribution in [3.8, 4) is 0 Å². The summed E-state index contributed by atoms with van der Waals surface area (Å²) >= 11 is 0. The molecule has 1 aliphatic heterocycles. The lowest BCUT2D eigenvalue weighted by atomic mass is 10.0.